The summed E-state index contributed by atoms with van der Waals surface area (Å²) in [6, 6.07) is 13.1. The lowest BCUT2D eigenvalue weighted by Gasteiger charge is -2.17. The highest BCUT2D eigenvalue weighted by atomic mass is 32.3. The van der Waals surface area contributed by atoms with E-state index in [1.54, 1.807) is 0 Å². The molecule has 120 valence electrons. The number of rotatable bonds is 3. The summed E-state index contributed by atoms with van der Waals surface area (Å²) < 4.78 is 40.4. The predicted octanol–water partition coefficient (Wildman–Crippen LogP) is 3.04. The second-order valence-electron chi connectivity index (χ2n) is 5.17. The van der Waals surface area contributed by atoms with E-state index in [1.807, 2.05) is 30.3 Å². The Morgan fingerprint density at radius 2 is 1.91 bits per heavy atom. The van der Waals surface area contributed by atoms with E-state index in [0.29, 0.717) is 18.7 Å². The van der Waals surface area contributed by atoms with Gasteiger partial charge in [-0.2, -0.15) is 8.42 Å². The van der Waals surface area contributed by atoms with E-state index in [1.165, 1.54) is 23.1 Å². The zero-order valence-corrected chi connectivity index (χ0v) is 12.9. The van der Waals surface area contributed by atoms with Gasteiger partial charge >= 0.3 is 16.3 Å². The molecule has 1 aliphatic rings. The predicted molar refractivity (Wildman–Crippen MR) is 82.4 cm³/mol. The monoisotopic (exact) mass is 335 g/mol. The van der Waals surface area contributed by atoms with Crippen LogP contribution in [0.3, 0.4) is 0 Å². The first-order valence-corrected chi connectivity index (χ1v) is 8.39. The molecule has 1 heterocycles. The van der Waals surface area contributed by atoms with Crippen molar-refractivity contribution in [3.05, 3.63) is 59.7 Å². The summed E-state index contributed by atoms with van der Waals surface area (Å²) in [7, 11) is -4.81. The van der Waals surface area contributed by atoms with Gasteiger partial charge in [0.2, 0.25) is 0 Å². The molecule has 0 saturated carbocycles. The Hall–Kier alpha value is -2.41. The number of hydrogen-bond acceptors (Lipinski definition) is 4. The normalized spacial score (nSPS) is 13.7. The van der Waals surface area contributed by atoms with Crippen molar-refractivity contribution in [1.29, 1.82) is 0 Å². The van der Waals surface area contributed by atoms with E-state index in [0.717, 1.165) is 11.1 Å². The quantitative estimate of drug-likeness (QED) is 0.809. The lowest BCUT2D eigenvalue weighted by molar-refractivity contribution is 0.147. The number of carbonyl (C=O) groups is 1. The first kappa shape index (κ1) is 15.5. The summed E-state index contributed by atoms with van der Waals surface area (Å²) >= 11 is 0. The Morgan fingerprint density at radius 3 is 2.61 bits per heavy atom. The highest BCUT2D eigenvalue weighted by Gasteiger charge is 2.27. The molecule has 0 aliphatic carbocycles. The van der Waals surface area contributed by atoms with Gasteiger partial charge in [-0.25, -0.2) is 4.79 Å². The van der Waals surface area contributed by atoms with Crippen molar-refractivity contribution in [3.63, 3.8) is 0 Å². The fourth-order valence-corrected chi connectivity index (χ4v) is 2.98. The number of anilines is 1. The lowest BCUT2D eigenvalue weighted by atomic mass is 10.2. The standard InChI is InChI=1S/C16H14FNO4S/c17-23(20,21)14-7-6-13-8-9-18(15(13)10-14)16(19)22-11-12-4-2-1-3-5-12/h1-7,10H,8-9,11H2. The van der Waals surface area contributed by atoms with Gasteiger partial charge in [0.05, 0.1) is 5.69 Å². The largest absolute Gasteiger partial charge is 0.444 e. The molecule has 2 aromatic carbocycles. The third-order valence-electron chi connectivity index (χ3n) is 3.66. The van der Waals surface area contributed by atoms with Crippen LogP contribution >= 0.6 is 0 Å². The number of benzene rings is 2. The molecular formula is C16H14FNO4S. The molecule has 5 nitrogen and oxygen atoms in total. The lowest BCUT2D eigenvalue weighted by Crippen LogP contribution is -2.29. The second kappa shape index (κ2) is 6.00. The number of fused-ring (bicyclic) bond motifs is 1. The third-order valence-corrected chi connectivity index (χ3v) is 4.48. The summed E-state index contributed by atoms with van der Waals surface area (Å²) in [6.45, 7) is 0.491. The summed E-state index contributed by atoms with van der Waals surface area (Å²) in [5.41, 5.74) is 2.01. The third kappa shape index (κ3) is 3.34. The molecule has 1 amide bonds. The minimum absolute atomic E-state index is 0.118. The van der Waals surface area contributed by atoms with Crippen LogP contribution in [0.1, 0.15) is 11.1 Å². The van der Waals surface area contributed by atoms with E-state index < -0.39 is 21.2 Å². The Morgan fingerprint density at radius 1 is 1.17 bits per heavy atom. The molecule has 0 spiro atoms. The van der Waals surface area contributed by atoms with E-state index in [2.05, 4.69) is 0 Å². The molecule has 0 fully saturated rings. The average Bonchev–Trinajstić information content (AvgIpc) is 2.96. The number of hydrogen-bond donors (Lipinski definition) is 0. The van der Waals surface area contributed by atoms with Crippen LogP contribution in [0.25, 0.3) is 0 Å². The maximum absolute atomic E-state index is 13.1. The van der Waals surface area contributed by atoms with Crippen LogP contribution in [-0.2, 0) is 28.0 Å². The zero-order chi connectivity index (χ0) is 16.4. The van der Waals surface area contributed by atoms with Gasteiger partial charge in [0.25, 0.3) is 0 Å². The molecule has 0 saturated heterocycles. The fraction of sp³-hybridized carbons (Fsp3) is 0.188. The summed E-state index contributed by atoms with van der Waals surface area (Å²) in [4.78, 5) is 13.1. The number of carbonyl (C=O) groups excluding carboxylic acids is 1. The van der Waals surface area contributed by atoms with E-state index >= 15 is 0 Å². The molecule has 0 N–H and O–H groups in total. The first-order valence-electron chi connectivity index (χ1n) is 7.01. The molecule has 3 rings (SSSR count). The minimum Gasteiger partial charge on any atom is -0.444 e. The van der Waals surface area contributed by atoms with Gasteiger partial charge in [-0.3, -0.25) is 4.90 Å². The number of halogens is 1. The number of nitrogens with zero attached hydrogens (tertiary/aromatic N) is 1. The highest BCUT2D eigenvalue weighted by molar-refractivity contribution is 7.86. The van der Waals surface area contributed by atoms with E-state index in [9.17, 15) is 17.1 Å². The van der Waals surface area contributed by atoms with Crippen LogP contribution < -0.4 is 4.90 Å². The maximum atomic E-state index is 13.1. The van der Waals surface area contributed by atoms with Crippen molar-refractivity contribution in [3.8, 4) is 0 Å². The Labute approximate surface area is 133 Å². The van der Waals surface area contributed by atoms with Crippen molar-refractivity contribution < 1.29 is 21.8 Å². The van der Waals surface area contributed by atoms with Crippen LogP contribution in [-0.4, -0.2) is 21.1 Å². The second-order valence-corrected chi connectivity index (χ2v) is 6.52. The molecule has 0 aromatic heterocycles. The van der Waals surface area contributed by atoms with Crippen LogP contribution in [0, 0.1) is 0 Å². The molecular weight excluding hydrogens is 321 g/mol. The molecule has 0 radical (unpaired) electrons. The smallest absolute Gasteiger partial charge is 0.414 e. The topological polar surface area (TPSA) is 63.7 Å². The van der Waals surface area contributed by atoms with Crippen LogP contribution in [0.4, 0.5) is 14.4 Å². The number of ether oxygens (including phenoxy) is 1. The van der Waals surface area contributed by atoms with Crippen molar-refractivity contribution in [2.24, 2.45) is 0 Å². The van der Waals surface area contributed by atoms with Gasteiger partial charge in [-0.05, 0) is 29.7 Å². The van der Waals surface area contributed by atoms with Gasteiger partial charge in [-0.15, -0.1) is 3.89 Å². The molecule has 7 heteroatoms. The average molecular weight is 335 g/mol. The minimum atomic E-state index is -4.81. The number of amides is 1. The molecule has 0 atom stereocenters. The van der Waals surface area contributed by atoms with E-state index in [4.69, 9.17) is 4.74 Å². The van der Waals surface area contributed by atoms with Crippen molar-refractivity contribution >= 4 is 22.0 Å². The first-order chi connectivity index (χ1) is 10.9. The molecule has 1 aliphatic heterocycles. The Bertz CT molecular complexity index is 836. The van der Waals surface area contributed by atoms with Crippen LogP contribution in [0.2, 0.25) is 0 Å². The van der Waals surface area contributed by atoms with Gasteiger partial charge in [0.1, 0.15) is 11.5 Å². The van der Waals surface area contributed by atoms with Gasteiger partial charge in [-0.1, -0.05) is 36.4 Å². The maximum Gasteiger partial charge on any atom is 0.414 e. The van der Waals surface area contributed by atoms with Crippen LogP contribution in [0.15, 0.2) is 53.4 Å². The van der Waals surface area contributed by atoms with E-state index in [-0.39, 0.29) is 6.61 Å². The van der Waals surface area contributed by atoms with Crippen molar-refractivity contribution in [2.45, 2.75) is 17.9 Å². The van der Waals surface area contributed by atoms with Crippen molar-refractivity contribution in [2.75, 3.05) is 11.4 Å². The van der Waals surface area contributed by atoms with Crippen molar-refractivity contribution in [1.82, 2.24) is 0 Å². The Kier molecular flexibility index (Phi) is 4.04. The molecule has 23 heavy (non-hydrogen) atoms. The summed E-state index contributed by atoms with van der Waals surface area (Å²) in [5, 5.41) is 0. The Balaban J connectivity index is 1.77. The van der Waals surface area contributed by atoms with Gasteiger partial charge in [0, 0.05) is 6.54 Å². The SMILES string of the molecule is O=C(OCc1ccccc1)N1CCc2ccc(S(=O)(=O)F)cc21. The molecule has 2 aromatic rings. The zero-order valence-electron chi connectivity index (χ0n) is 12.1. The molecule has 0 bridgehead atoms. The molecule has 0 unspecified atom stereocenters. The highest BCUT2D eigenvalue weighted by Crippen LogP contribution is 2.31. The van der Waals surface area contributed by atoms with Gasteiger partial charge in [0.15, 0.2) is 0 Å². The fourth-order valence-electron chi connectivity index (χ4n) is 2.50. The van der Waals surface area contributed by atoms with Gasteiger partial charge < -0.3 is 4.74 Å². The summed E-state index contributed by atoms with van der Waals surface area (Å²) in [5.74, 6) is 0. The summed E-state index contributed by atoms with van der Waals surface area (Å²) in [6.07, 6.45) is -0.0106. The van der Waals surface area contributed by atoms with Crippen LogP contribution in [0.5, 0.6) is 0 Å².